The molecule has 0 aromatic heterocycles. The highest BCUT2D eigenvalue weighted by atomic mass is 35.5. The van der Waals surface area contributed by atoms with Crippen molar-refractivity contribution in [2.45, 2.75) is 6.92 Å². The van der Waals surface area contributed by atoms with Crippen LogP contribution in [-0.2, 0) is 4.79 Å². The fourth-order valence-electron chi connectivity index (χ4n) is 2.36. The smallest absolute Gasteiger partial charge is 0.349 e. The second-order valence-corrected chi connectivity index (χ2v) is 5.97. The van der Waals surface area contributed by atoms with E-state index < -0.39 is 5.97 Å². The predicted molar refractivity (Wildman–Crippen MR) is 99.2 cm³/mol. The molecule has 0 aliphatic carbocycles. The minimum absolute atomic E-state index is 0.165. The molecule has 0 atom stereocenters. The summed E-state index contributed by atoms with van der Waals surface area (Å²) in [7, 11) is 0. The van der Waals surface area contributed by atoms with Gasteiger partial charge in [-0.3, -0.25) is 0 Å². The Morgan fingerprint density at radius 2 is 1.52 bits per heavy atom. The van der Waals surface area contributed by atoms with Crippen molar-refractivity contribution in [3.63, 3.8) is 0 Å². The Balaban J connectivity index is 1.56. The third kappa shape index (κ3) is 4.61. The second kappa shape index (κ2) is 7.86. The predicted octanol–water partition coefficient (Wildman–Crippen LogP) is 5.30. The number of esters is 1. The number of hydrogen-bond acceptors (Lipinski definition) is 3. The van der Waals surface area contributed by atoms with E-state index in [-0.39, 0.29) is 6.61 Å². The normalized spacial score (nSPS) is 10.3. The average molecular weight is 353 g/mol. The van der Waals surface area contributed by atoms with E-state index in [0.29, 0.717) is 16.5 Å². The molecule has 3 rings (SSSR count). The molecule has 0 heterocycles. The van der Waals surface area contributed by atoms with Gasteiger partial charge in [-0.1, -0.05) is 54.1 Å². The molecule has 3 aromatic carbocycles. The Hall–Kier alpha value is -2.78. The number of hydrogen-bond donors (Lipinski definition) is 0. The second-order valence-electron chi connectivity index (χ2n) is 5.56. The maximum absolute atomic E-state index is 11.9. The first-order chi connectivity index (χ1) is 12.1. The maximum atomic E-state index is 11.9. The summed E-state index contributed by atoms with van der Waals surface area (Å²) in [5.74, 6) is 0.610. The van der Waals surface area contributed by atoms with Crippen LogP contribution in [0.25, 0.3) is 11.1 Å². The van der Waals surface area contributed by atoms with E-state index in [9.17, 15) is 4.79 Å². The summed E-state index contributed by atoms with van der Waals surface area (Å²) >= 11 is 5.96. The Labute approximate surface area is 151 Å². The molecule has 0 bridgehead atoms. The molecule has 4 heteroatoms. The van der Waals surface area contributed by atoms with Crippen molar-refractivity contribution in [3.8, 4) is 22.6 Å². The van der Waals surface area contributed by atoms with Crippen molar-refractivity contribution in [1.29, 1.82) is 0 Å². The SMILES string of the molecule is Cc1cc(OCC(=O)Oc2ccc(-c3ccccc3)cc2)ccc1Cl. The summed E-state index contributed by atoms with van der Waals surface area (Å²) in [5.41, 5.74) is 3.07. The van der Waals surface area contributed by atoms with E-state index in [2.05, 4.69) is 0 Å². The minimum Gasteiger partial charge on any atom is -0.482 e. The zero-order chi connectivity index (χ0) is 17.6. The van der Waals surface area contributed by atoms with Crippen LogP contribution in [0.5, 0.6) is 11.5 Å². The molecule has 0 spiro atoms. The largest absolute Gasteiger partial charge is 0.482 e. The van der Waals surface area contributed by atoms with Crippen LogP contribution in [0.1, 0.15) is 5.56 Å². The Bertz CT molecular complexity index is 858. The minimum atomic E-state index is -0.458. The van der Waals surface area contributed by atoms with Crippen LogP contribution in [0.3, 0.4) is 0 Å². The van der Waals surface area contributed by atoms with Crippen molar-refractivity contribution < 1.29 is 14.3 Å². The zero-order valence-electron chi connectivity index (χ0n) is 13.7. The molecule has 0 saturated heterocycles. The van der Waals surface area contributed by atoms with Gasteiger partial charge in [0, 0.05) is 5.02 Å². The zero-order valence-corrected chi connectivity index (χ0v) is 14.5. The Kier molecular flexibility index (Phi) is 5.36. The lowest BCUT2D eigenvalue weighted by atomic mass is 10.1. The van der Waals surface area contributed by atoms with Crippen LogP contribution < -0.4 is 9.47 Å². The van der Waals surface area contributed by atoms with Crippen LogP contribution >= 0.6 is 11.6 Å². The van der Waals surface area contributed by atoms with Crippen molar-refractivity contribution in [3.05, 3.63) is 83.4 Å². The van der Waals surface area contributed by atoms with Crippen LogP contribution in [-0.4, -0.2) is 12.6 Å². The number of carbonyl (C=O) groups is 1. The highest BCUT2D eigenvalue weighted by molar-refractivity contribution is 6.31. The van der Waals surface area contributed by atoms with E-state index in [1.807, 2.05) is 49.4 Å². The van der Waals surface area contributed by atoms with Gasteiger partial charge in [-0.25, -0.2) is 4.79 Å². The highest BCUT2D eigenvalue weighted by Gasteiger charge is 2.07. The molecule has 0 saturated carbocycles. The lowest BCUT2D eigenvalue weighted by Crippen LogP contribution is -2.17. The van der Waals surface area contributed by atoms with Gasteiger partial charge in [0.15, 0.2) is 6.61 Å². The molecular weight excluding hydrogens is 336 g/mol. The molecule has 0 aliphatic rings. The first-order valence-corrected chi connectivity index (χ1v) is 8.25. The van der Waals surface area contributed by atoms with Crippen molar-refractivity contribution in [1.82, 2.24) is 0 Å². The van der Waals surface area contributed by atoms with E-state index in [0.717, 1.165) is 16.7 Å². The third-order valence-corrected chi connectivity index (χ3v) is 4.10. The number of aryl methyl sites for hydroxylation is 1. The number of carbonyl (C=O) groups excluding carboxylic acids is 1. The van der Waals surface area contributed by atoms with Crippen molar-refractivity contribution >= 4 is 17.6 Å². The van der Waals surface area contributed by atoms with Crippen molar-refractivity contribution in [2.24, 2.45) is 0 Å². The standard InChI is InChI=1S/C21H17ClO3/c1-15-13-19(11-12-20(15)22)24-14-21(23)25-18-9-7-17(8-10-18)16-5-3-2-4-6-16/h2-13H,14H2,1H3. The van der Waals surface area contributed by atoms with Gasteiger partial charge in [-0.2, -0.15) is 0 Å². The molecule has 0 unspecified atom stereocenters. The van der Waals surface area contributed by atoms with Crippen LogP contribution in [0.15, 0.2) is 72.8 Å². The van der Waals surface area contributed by atoms with Gasteiger partial charge < -0.3 is 9.47 Å². The summed E-state index contributed by atoms with van der Waals surface area (Å²) in [6.07, 6.45) is 0. The van der Waals surface area contributed by atoms with Crippen LogP contribution in [0.2, 0.25) is 5.02 Å². The monoisotopic (exact) mass is 352 g/mol. The lowest BCUT2D eigenvalue weighted by Gasteiger charge is -2.08. The van der Waals surface area contributed by atoms with Crippen LogP contribution in [0, 0.1) is 6.92 Å². The van der Waals surface area contributed by atoms with Gasteiger partial charge in [0.2, 0.25) is 0 Å². The Morgan fingerprint density at radius 1 is 0.880 bits per heavy atom. The molecule has 3 nitrogen and oxygen atoms in total. The topological polar surface area (TPSA) is 35.5 Å². The van der Waals surface area contributed by atoms with Gasteiger partial charge in [-0.15, -0.1) is 0 Å². The fraction of sp³-hybridized carbons (Fsp3) is 0.0952. The van der Waals surface area contributed by atoms with Gasteiger partial charge in [0.05, 0.1) is 0 Å². The van der Waals surface area contributed by atoms with E-state index in [1.165, 1.54) is 0 Å². The number of benzene rings is 3. The fourth-order valence-corrected chi connectivity index (χ4v) is 2.47. The van der Waals surface area contributed by atoms with Gasteiger partial charge in [-0.05, 0) is 53.9 Å². The summed E-state index contributed by atoms with van der Waals surface area (Å²) in [5, 5.41) is 0.661. The van der Waals surface area contributed by atoms with E-state index >= 15 is 0 Å². The molecule has 126 valence electrons. The maximum Gasteiger partial charge on any atom is 0.349 e. The van der Waals surface area contributed by atoms with Gasteiger partial charge >= 0.3 is 5.97 Å². The number of ether oxygens (including phenoxy) is 2. The first kappa shape index (κ1) is 17.1. The van der Waals surface area contributed by atoms with Crippen LogP contribution in [0.4, 0.5) is 0 Å². The summed E-state index contributed by atoms with van der Waals surface area (Å²) in [6.45, 7) is 1.71. The van der Waals surface area contributed by atoms with E-state index in [4.69, 9.17) is 21.1 Å². The van der Waals surface area contributed by atoms with E-state index in [1.54, 1.807) is 30.3 Å². The highest BCUT2D eigenvalue weighted by Crippen LogP contribution is 2.23. The summed E-state index contributed by atoms with van der Waals surface area (Å²) in [6, 6.07) is 22.6. The molecule has 0 radical (unpaired) electrons. The molecule has 0 amide bonds. The number of halogens is 1. The van der Waals surface area contributed by atoms with Gasteiger partial charge in [0.25, 0.3) is 0 Å². The molecule has 0 aliphatic heterocycles. The summed E-state index contributed by atoms with van der Waals surface area (Å²) < 4.78 is 10.7. The molecule has 0 fully saturated rings. The van der Waals surface area contributed by atoms with Gasteiger partial charge in [0.1, 0.15) is 11.5 Å². The quantitative estimate of drug-likeness (QED) is 0.461. The third-order valence-electron chi connectivity index (χ3n) is 3.68. The number of rotatable bonds is 5. The summed E-state index contributed by atoms with van der Waals surface area (Å²) in [4.78, 5) is 11.9. The molecule has 3 aromatic rings. The lowest BCUT2D eigenvalue weighted by molar-refractivity contribution is -0.136. The molecular formula is C21H17ClO3. The molecule has 25 heavy (non-hydrogen) atoms. The Morgan fingerprint density at radius 3 is 2.20 bits per heavy atom. The first-order valence-electron chi connectivity index (χ1n) is 7.87. The average Bonchev–Trinajstić information content (AvgIpc) is 2.64. The molecule has 0 N–H and O–H groups in total. The van der Waals surface area contributed by atoms with Crippen molar-refractivity contribution in [2.75, 3.05) is 6.61 Å².